The summed E-state index contributed by atoms with van der Waals surface area (Å²) in [6, 6.07) is 13.7. The third-order valence-electron chi connectivity index (χ3n) is 3.42. The Bertz CT molecular complexity index is 921. The monoisotopic (exact) mass is 331 g/mol. The second-order valence-electron chi connectivity index (χ2n) is 5.04. The normalized spacial score (nSPS) is 10.5. The first-order valence-corrected chi connectivity index (χ1v) is 8.27. The number of anilines is 2. The molecule has 4 aromatic rings. The smallest absolute Gasteiger partial charge is 0.141 e. The molecule has 4 heterocycles. The maximum atomic E-state index is 4.58. The first kappa shape index (κ1) is 14.5. The lowest BCUT2D eigenvalue weighted by atomic mass is 10.1. The van der Waals surface area contributed by atoms with Gasteiger partial charge in [-0.25, -0.2) is 15.0 Å². The van der Waals surface area contributed by atoms with Crippen LogP contribution in [-0.4, -0.2) is 19.9 Å². The molecule has 0 atom stereocenters. The minimum atomic E-state index is 0.740. The molecular formula is C18H13N5S. The number of thiazole rings is 1. The van der Waals surface area contributed by atoms with E-state index in [1.165, 1.54) is 0 Å². The van der Waals surface area contributed by atoms with E-state index < -0.39 is 0 Å². The minimum absolute atomic E-state index is 0.740. The van der Waals surface area contributed by atoms with Crippen LogP contribution in [0.1, 0.15) is 0 Å². The van der Waals surface area contributed by atoms with Gasteiger partial charge in [-0.3, -0.25) is 4.98 Å². The zero-order chi connectivity index (χ0) is 16.2. The molecule has 0 radical (unpaired) electrons. The van der Waals surface area contributed by atoms with Crippen molar-refractivity contribution >= 4 is 23.0 Å². The van der Waals surface area contributed by atoms with Gasteiger partial charge in [0.2, 0.25) is 0 Å². The highest BCUT2D eigenvalue weighted by molar-refractivity contribution is 7.13. The Balaban J connectivity index is 1.55. The SMILES string of the molecule is c1cncc(-c2ccc(Nc3cccc(-c4nccs4)n3)nc2)c1. The highest BCUT2D eigenvalue weighted by Gasteiger charge is 2.04. The van der Waals surface area contributed by atoms with Crippen molar-refractivity contribution in [1.29, 1.82) is 0 Å². The van der Waals surface area contributed by atoms with Crippen molar-refractivity contribution in [2.24, 2.45) is 0 Å². The molecule has 0 saturated carbocycles. The molecule has 6 heteroatoms. The highest BCUT2D eigenvalue weighted by Crippen LogP contribution is 2.23. The molecule has 0 aromatic carbocycles. The van der Waals surface area contributed by atoms with Crippen molar-refractivity contribution in [3.05, 3.63) is 72.6 Å². The largest absolute Gasteiger partial charge is 0.325 e. The molecule has 0 unspecified atom stereocenters. The third-order valence-corrected chi connectivity index (χ3v) is 4.21. The molecule has 24 heavy (non-hydrogen) atoms. The van der Waals surface area contributed by atoms with Crippen LogP contribution in [0.15, 0.2) is 72.6 Å². The molecule has 0 bridgehead atoms. The number of rotatable bonds is 4. The van der Waals surface area contributed by atoms with Crippen LogP contribution in [0.3, 0.4) is 0 Å². The quantitative estimate of drug-likeness (QED) is 0.600. The molecule has 0 spiro atoms. The first-order chi connectivity index (χ1) is 11.9. The number of pyridine rings is 3. The summed E-state index contributed by atoms with van der Waals surface area (Å²) in [5.74, 6) is 1.48. The molecule has 0 aliphatic heterocycles. The lowest BCUT2D eigenvalue weighted by Crippen LogP contribution is -1.96. The fourth-order valence-electron chi connectivity index (χ4n) is 2.28. The first-order valence-electron chi connectivity index (χ1n) is 7.39. The Kier molecular flexibility index (Phi) is 3.95. The molecule has 0 fully saturated rings. The van der Waals surface area contributed by atoms with Gasteiger partial charge < -0.3 is 5.32 Å². The summed E-state index contributed by atoms with van der Waals surface area (Å²) in [4.78, 5) is 17.4. The van der Waals surface area contributed by atoms with Gasteiger partial charge in [0.05, 0.1) is 0 Å². The number of nitrogens with one attached hydrogen (secondary N) is 1. The Labute approximate surface area is 143 Å². The second kappa shape index (κ2) is 6.55. The molecular weight excluding hydrogens is 318 g/mol. The maximum Gasteiger partial charge on any atom is 0.141 e. The van der Waals surface area contributed by atoms with Gasteiger partial charge in [-0.2, -0.15) is 0 Å². The molecule has 0 aliphatic carbocycles. The summed E-state index contributed by atoms with van der Waals surface area (Å²) in [6.45, 7) is 0. The average Bonchev–Trinajstić information content (AvgIpc) is 3.18. The molecule has 4 rings (SSSR count). The standard InChI is InChI=1S/C18H13N5S/c1-4-15(18-20-9-10-24-18)22-17(5-1)23-16-7-6-14(12-21-16)13-3-2-8-19-11-13/h1-12H,(H,21,22,23). The number of aromatic nitrogens is 4. The Morgan fingerprint density at radius 3 is 2.50 bits per heavy atom. The molecule has 5 nitrogen and oxygen atoms in total. The lowest BCUT2D eigenvalue weighted by Gasteiger charge is -2.07. The fourth-order valence-corrected chi connectivity index (χ4v) is 2.88. The van der Waals surface area contributed by atoms with Gasteiger partial charge in [-0.05, 0) is 30.3 Å². The van der Waals surface area contributed by atoms with Crippen LogP contribution in [0.2, 0.25) is 0 Å². The van der Waals surface area contributed by atoms with E-state index in [2.05, 4.69) is 25.3 Å². The average molecular weight is 331 g/mol. The molecule has 0 amide bonds. The fraction of sp³-hybridized carbons (Fsp3) is 0. The van der Waals surface area contributed by atoms with Crippen molar-refractivity contribution in [2.75, 3.05) is 5.32 Å². The molecule has 0 saturated heterocycles. The van der Waals surface area contributed by atoms with Crippen LogP contribution in [0.25, 0.3) is 21.8 Å². The Morgan fingerprint density at radius 1 is 0.792 bits per heavy atom. The van der Waals surface area contributed by atoms with Crippen molar-refractivity contribution in [3.8, 4) is 21.8 Å². The van der Waals surface area contributed by atoms with E-state index in [9.17, 15) is 0 Å². The van der Waals surface area contributed by atoms with Crippen LogP contribution >= 0.6 is 11.3 Å². The topological polar surface area (TPSA) is 63.6 Å². The number of hydrogen-bond acceptors (Lipinski definition) is 6. The predicted molar refractivity (Wildman–Crippen MR) is 96.1 cm³/mol. The lowest BCUT2D eigenvalue weighted by molar-refractivity contribution is 1.24. The van der Waals surface area contributed by atoms with Gasteiger partial charge in [0, 0.05) is 41.3 Å². The molecule has 1 N–H and O–H groups in total. The zero-order valence-corrected chi connectivity index (χ0v) is 13.4. The van der Waals surface area contributed by atoms with E-state index in [1.807, 2.05) is 60.2 Å². The van der Waals surface area contributed by atoms with Crippen LogP contribution in [-0.2, 0) is 0 Å². The van der Waals surface area contributed by atoms with Gasteiger partial charge in [-0.15, -0.1) is 11.3 Å². The van der Waals surface area contributed by atoms with Gasteiger partial charge in [0.25, 0.3) is 0 Å². The van der Waals surface area contributed by atoms with E-state index in [1.54, 1.807) is 23.7 Å². The summed E-state index contributed by atoms with van der Waals surface area (Å²) < 4.78 is 0. The molecule has 116 valence electrons. The van der Waals surface area contributed by atoms with Gasteiger partial charge in [0.1, 0.15) is 22.3 Å². The minimum Gasteiger partial charge on any atom is -0.325 e. The summed E-state index contributed by atoms with van der Waals surface area (Å²) in [5.41, 5.74) is 2.92. The van der Waals surface area contributed by atoms with E-state index >= 15 is 0 Å². The van der Waals surface area contributed by atoms with E-state index in [0.29, 0.717) is 0 Å². The number of hydrogen-bond donors (Lipinski definition) is 1. The van der Waals surface area contributed by atoms with Gasteiger partial charge in [0.15, 0.2) is 0 Å². The number of nitrogens with zero attached hydrogens (tertiary/aromatic N) is 4. The van der Waals surface area contributed by atoms with Crippen molar-refractivity contribution in [1.82, 2.24) is 19.9 Å². The summed E-state index contributed by atoms with van der Waals surface area (Å²) >= 11 is 1.57. The van der Waals surface area contributed by atoms with Crippen molar-refractivity contribution in [2.45, 2.75) is 0 Å². The van der Waals surface area contributed by atoms with Crippen LogP contribution in [0.4, 0.5) is 11.6 Å². The van der Waals surface area contributed by atoms with Gasteiger partial charge >= 0.3 is 0 Å². The highest BCUT2D eigenvalue weighted by atomic mass is 32.1. The van der Waals surface area contributed by atoms with Crippen LogP contribution in [0.5, 0.6) is 0 Å². The van der Waals surface area contributed by atoms with E-state index in [4.69, 9.17) is 0 Å². The summed E-state index contributed by atoms with van der Waals surface area (Å²) in [6.07, 6.45) is 7.18. The van der Waals surface area contributed by atoms with Crippen molar-refractivity contribution in [3.63, 3.8) is 0 Å². The van der Waals surface area contributed by atoms with E-state index in [-0.39, 0.29) is 0 Å². The van der Waals surface area contributed by atoms with Crippen molar-refractivity contribution < 1.29 is 0 Å². The van der Waals surface area contributed by atoms with Gasteiger partial charge in [-0.1, -0.05) is 12.1 Å². The van der Waals surface area contributed by atoms with E-state index in [0.717, 1.165) is 33.5 Å². The van der Waals surface area contributed by atoms with Crippen LogP contribution < -0.4 is 5.32 Å². The Hall–Kier alpha value is -3.12. The second-order valence-corrected chi connectivity index (χ2v) is 5.94. The third kappa shape index (κ3) is 3.13. The van der Waals surface area contributed by atoms with Crippen LogP contribution in [0, 0.1) is 0 Å². The summed E-state index contributed by atoms with van der Waals surface area (Å²) in [5, 5.41) is 6.07. The zero-order valence-electron chi connectivity index (χ0n) is 12.6. The molecule has 0 aliphatic rings. The predicted octanol–water partition coefficient (Wildman–Crippen LogP) is 4.41. The Morgan fingerprint density at radius 2 is 1.75 bits per heavy atom. The summed E-state index contributed by atoms with van der Waals surface area (Å²) in [7, 11) is 0. The maximum absolute atomic E-state index is 4.58. The molecule has 4 aromatic heterocycles.